The van der Waals surface area contributed by atoms with Crippen molar-refractivity contribution in [1.82, 2.24) is 10.9 Å². The molecule has 2 aromatic carbocycles. The Morgan fingerprint density at radius 2 is 1.62 bits per heavy atom. The van der Waals surface area contributed by atoms with E-state index in [2.05, 4.69) is 10.9 Å². The van der Waals surface area contributed by atoms with Crippen LogP contribution in [0.15, 0.2) is 30.3 Å². The summed E-state index contributed by atoms with van der Waals surface area (Å²) in [6, 6.07) is 9.18. The number of fused-ring (bicyclic) bond motifs is 1. The van der Waals surface area contributed by atoms with Crippen LogP contribution in [0.3, 0.4) is 0 Å². The molecule has 2 N–H and O–H groups in total. The van der Waals surface area contributed by atoms with Crippen LogP contribution in [-0.4, -0.2) is 38.7 Å². The molecule has 2 aromatic rings. The molecular weight excluding hydrogens is 436 g/mol. The summed E-state index contributed by atoms with van der Waals surface area (Å²) in [5.41, 5.74) is 7.74. The maximum Gasteiger partial charge on any atom is 0.269 e. The molecule has 3 rings (SSSR count). The van der Waals surface area contributed by atoms with E-state index >= 15 is 0 Å². The van der Waals surface area contributed by atoms with Gasteiger partial charge in [0.1, 0.15) is 5.75 Å². The summed E-state index contributed by atoms with van der Waals surface area (Å²) in [5.74, 6) is 1.51. The molecule has 1 unspecified atom stereocenters. The summed E-state index contributed by atoms with van der Waals surface area (Å²) in [6.45, 7) is 6.80. The number of hydrogen-bond donors (Lipinski definition) is 2. The van der Waals surface area contributed by atoms with Gasteiger partial charge in [-0.3, -0.25) is 20.4 Å². The largest absolute Gasteiger partial charge is 0.497 e. The maximum absolute atomic E-state index is 12.8. The molecule has 1 atom stereocenters. The van der Waals surface area contributed by atoms with Crippen molar-refractivity contribution in [3.63, 3.8) is 0 Å². The van der Waals surface area contributed by atoms with E-state index in [-0.39, 0.29) is 18.2 Å². The number of aryl methyl sites for hydroxylation is 1. The number of carbonyl (C=O) groups excluding carboxylic acids is 2. The number of benzene rings is 2. The van der Waals surface area contributed by atoms with Crippen LogP contribution in [0.4, 0.5) is 0 Å². The number of ether oxygens (including phenoxy) is 4. The first-order chi connectivity index (χ1) is 16.5. The lowest BCUT2D eigenvalue weighted by Gasteiger charge is -2.25. The number of carbonyl (C=O) groups is 2. The number of hydrazine groups is 1. The van der Waals surface area contributed by atoms with Crippen LogP contribution in [0.5, 0.6) is 23.0 Å². The monoisotopic (exact) mass is 470 g/mol. The molecule has 0 bridgehead atoms. The quantitative estimate of drug-likeness (QED) is 0.506. The molecule has 0 heterocycles. The van der Waals surface area contributed by atoms with Crippen LogP contribution in [0.1, 0.15) is 67.4 Å². The van der Waals surface area contributed by atoms with Gasteiger partial charge in [0, 0.05) is 12.0 Å². The summed E-state index contributed by atoms with van der Waals surface area (Å²) in [5, 5.41) is 0. The molecule has 0 saturated carbocycles. The number of rotatable bonds is 10. The Balaban J connectivity index is 1.67. The minimum absolute atomic E-state index is 0.103. The molecule has 0 saturated heterocycles. The predicted octanol–water partition coefficient (Wildman–Crippen LogP) is 4.16. The highest BCUT2D eigenvalue weighted by Gasteiger charge is 2.24. The molecule has 34 heavy (non-hydrogen) atoms. The standard InChI is InChI=1S/C26H34N2O6/c1-5-32-22-14-19(15-23(33-6-2)25(22)34-7-3)26(30)28-27-24(29)16-18-10-8-9-17-13-20(31-4)11-12-21(17)18/h11-15,18H,5-10,16H2,1-4H3,(H,27,29)(H,28,30). The van der Waals surface area contributed by atoms with E-state index in [9.17, 15) is 9.59 Å². The fourth-order valence-electron chi connectivity index (χ4n) is 4.22. The van der Waals surface area contributed by atoms with Crippen molar-refractivity contribution in [2.24, 2.45) is 0 Å². The van der Waals surface area contributed by atoms with E-state index in [1.807, 2.05) is 39.0 Å². The fraction of sp³-hybridized carbons (Fsp3) is 0.462. The summed E-state index contributed by atoms with van der Waals surface area (Å²) < 4.78 is 22.3. The Kier molecular flexibility index (Phi) is 9.01. The van der Waals surface area contributed by atoms with Gasteiger partial charge in [-0.25, -0.2) is 0 Å². The van der Waals surface area contributed by atoms with Gasteiger partial charge < -0.3 is 18.9 Å². The number of hydrogen-bond acceptors (Lipinski definition) is 6. The minimum Gasteiger partial charge on any atom is -0.497 e. The van der Waals surface area contributed by atoms with Crippen molar-refractivity contribution in [2.45, 2.75) is 52.4 Å². The maximum atomic E-state index is 12.8. The van der Waals surface area contributed by atoms with Crippen molar-refractivity contribution >= 4 is 11.8 Å². The zero-order chi connectivity index (χ0) is 24.5. The van der Waals surface area contributed by atoms with Crippen molar-refractivity contribution in [1.29, 1.82) is 0 Å². The van der Waals surface area contributed by atoms with Crippen LogP contribution in [0, 0.1) is 0 Å². The topological polar surface area (TPSA) is 95.1 Å². The van der Waals surface area contributed by atoms with Gasteiger partial charge in [0.05, 0.1) is 26.9 Å². The van der Waals surface area contributed by atoms with Crippen LogP contribution < -0.4 is 29.8 Å². The smallest absolute Gasteiger partial charge is 0.269 e. The summed E-state index contributed by atoms with van der Waals surface area (Å²) >= 11 is 0. The van der Waals surface area contributed by atoms with Crippen LogP contribution in [0.25, 0.3) is 0 Å². The third-order valence-electron chi connectivity index (χ3n) is 5.71. The van der Waals surface area contributed by atoms with E-state index in [4.69, 9.17) is 18.9 Å². The second-order valence-corrected chi connectivity index (χ2v) is 7.96. The third-order valence-corrected chi connectivity index (χ3v) is 5.71. The molecule has 0 aromatic heterocycles. The molecule has 0 spiro atoms. The first-order valence-corrected chi connectivity index (χ1v) is 11.8. The normalized spacial score (nSPS) is 14.5. The van der Waals surface area contributed by atoms with Crippen molar-refractivity contribution in [3.05, 3.63) is 47.0 Å². The summed E-state index contributed by atoms with van der Waals surface area (Å²) in [6.07, 6.45) is 3.20. The van der Waals surface area contributed by atoms with Gasteiger partial charge in [0.2, 0.25) is 11.7 Å². The van der Waals surface area contributed by atoms with Gasteiger partial charge >= 0.3 is 0 Å². The second-order valence-electron chi connectivity index (χ2n) is 7.96. The van der Waals surface area contributed by atoms with Gasteiger partial charge in [0.25, 0.3) is 5.91 Å². The van der Waals surface area contributed by atoms with Gasteiger partial charge in [-0.05, 0) is 81.3 Å². The van der Waals surface area contributed by atoms with Crippen LogP contribution in [0.2, 0.25) is 0 Å². The Morgan fingerprint density at radius 1 is 0.941 bits per heavy atom. The lowest BCUT2D eigenvalue weighted by atomic mass is 9.81. The number of nitrogens with one attached hydrogen (secondary N) is 2. The SMILES string of the molecule is CCOc1cc(C(=O)NNC(=O)CC2CCCc3cc(OC)ccc32)cc(OCC)c1OCC. The van der Waals surface area contributed by atoms with Crippen LogP contribution >= 0.6 is 0 Å². The van der Waals surface area contributed by atoms with E-state index in [1.54, 1.807) is 19.2 Å². The van der Waals surface area contributed by atoms with Gasteiger partial charge in [-0.2, -0.15) is 0 Å². The second kappa shape index (κ2) is 12.2. The molecular formula is C26H34N2O6. The minimum atomic E-state index is -0.466. The molecule has 0 radical (unpaired) electrons. The molecule has 1 aliphatic rings. The van der Waals surface area contributed by atoms with Gasteiger partial charge in [0.15, 0.2) is 11.5 Å². The summed E-state index contributed by atoms with van der Waals surface area (Å²) in [7, 11) is 1.65. The fourth-order valence-corrected chi connectivity index (χ4v) is 4.22. The zero-order valence-corrected chi connectivity index (χ0v) is 20.4. The van der Waals surface area contributed by atoms with Crippen molar-refractivity contribution in [2.75, 3.05) is 26.9 Å². The molecule has 0 fully saturated rings. The van der Waals surface area contributed by atoms with E-state index in [0.29, 0.717) is 42.6 Å². The average molecular weight is 471 g/mol. The van der Waals surface area contributed by atoms with E-state index < -0.39 is 5.91 Å². The Morgan fingerprint density at radius 3 is 2.24 bits per heavy atom. The molecule has 0 aliphatic heterocycles. The highest BCUT2D eigenvalue weighted by Crippen LogP contribution is 2.39. The van der Waals surface area contributed by atoms with Gasteiger partial charge in [-0.1, -0.05) is 6.07 Å². The Bertz CT molecular complexity index is 980. The van der Waals surface area contributed by atoms with Gasteiger partial charge in [-0.15, -0.1) is 0 Å². The van der Waals surface area contributed by atoms with Crippen molar-refractivity contribution < 1.29 is 28.5 Å². The highest BCUT2D eigenvalue weighted by atomic mass is 16.5. The average Bonchev–Trinajstić information content (AvgIpc) is 2.84. The molecule has 8 nitrogen and oxygen atoms in total. The predicted molar refractivity (Wildman–Crippen MR) is 129 cm³/mol. The molecule has 2 amide bonds. The third kappa shape index (κ3) is 6.12. The van der Waals surface area contributed by atoms with E-state index in [1.165, 1.54) is 11.1 Å². The number of methoxy groups -OCH3 is 1. The van der Waals surface area contributed by atoms with Crippen LogP contribution in [-0.2, 0) is 11.2 Å². The molecule has 8 heteroatoms. The molecule has 184 valence electrons. The first-order valence-electron chi connectivity index (χ1n) is 11.8. The molecule has 1 aliphatic carbocycles. The summed E-state index contributed by atoms with van der Waals surface area (Å²) in [4.78, 5) is 25.4. The highest BCUT2D eigenvalue weighted by molar-refractivity contribution is 5.96. The Labute approximate surface area is 200 Å². The zero-order valence-electron chi connectivity index (χ0n) is 20.4. The van der Waals surface area contributed by atoms with Crippen molar-refractivity contribution in [3.8, 4) is 23.0 Å². The Hall–Kier alpha value is -3.42. The number of amides is 2. The first kappa shape index (κ1) is 25.2. The lowest BCUT2D eigenvalue weighted by Crippen LogP contribution is -2.42. The lowest BCUT2D eigenvalue weighted by molar-refractivity contribution is -0.122. The van der Waals surface area contributed by atoms with E-state index in [0.717, 1.165) is 25.0 Å².